The minimum absolute atomic E-state index is 0. The zero-order valence-electron chi connectivity index (χ0n) is 17.3. The van der Waals surface area contributed by atoms with E-state index in [2.05, 4.69) is 20.3 Å². The van der Waals surface area contributed by atoms with Gasteiger partial charge < -0.3 is 36.0 Å². The summed E-state index contributed by atoms with van der Waals surface area (Å²) in [6.07, 6.45) is 2.16. The first-order valence-electron chi connectivity index (χ1n) is 9.43. The quantitative estimate of drug-likeness (QED) is 0.206. The molecule has 0 radical (unpaired) electrons. The molecular formula is C20H20N5NaO6. The number of hydrogen-bond donors (Lipinski definition) is 5. The number of benzene rings is 1. The molecule has 162 valence electrons. The predicted octanol–water partition coefficient (Wildman–Crippen LogP) is -3.66. The number of aryl methyl sites for hydroxylation is 2. The van der Waals surface area contributed by atoms with E-state index in [1.807, 2.05) is 0 Å². The monoisotopic (exact) mass is 449 g/mol. The number of aromatic nitrogens is 3. The van der Waals surface area contributed by atoms with Crippen LogP contribution in [0.15, 0.2) is 35.3 Å². The summed E-state index contributed by atoms with van der Waals surface area (Å²) in [5, 5.41) is 22.5. The van der Waals surface area contributed by atoms with Crippen molar-refractivity contribution in [1.29, 1.82) is 0 Å². The Morgan fingerprint density at radius 2 is 1.88 bits per heavy atom. The Kier molecular flexibility index (Phi) is 8.58. The Morgan fingerprint density at radius 3 is 2.50 bits per heavy atom. The Bertz CT molecular complexity index is 1190. The third-order valence-electron chi connectivity index (χ3n) is 4.79. The number of carboxylic acid groups (broad SMARTS) is 2. The fourth-order valence-corrected chi connectivity index (χ4v) is 3.19. The number of carboxylic acids is 2. The molecule has 12 heteroatoms. The van der Waals surface area contributed by atoms with E-state index in [1.165, 1.54) is 0 Å². The van der Waals surface area contributed by atoms with Gasteiger partial charge in [-0.2, -0.15) is 4.98 Å². The summed E-state index contributed by atoms with van der Waals surface area (Å²) in [6, 6.07) is 5.12. The van der Waals surface area contributed by atoms with E-state index in [0.717, 1.165) is 11.1 Å². The average molecular weight is 449 g/mol. The van der Waals surface area contributed by atoms with Gasteiger partial charge in [0, 0.05) is 18.2 Å². The Balaban J connectivity index is 0.00000363. The van der Waals surface area contributed by atoms with Crippen LogP contribution in [0.3, 0.4) is 0 Å². The number of nitrogens with one attached hydrogen (secondary N) is 3. The maximum atomic E-state index is 12.3. The number of anilines is 1. The first kappa shape index (κ1) is 25.1. The number of hydrogen-bond acceptors (Lipinski definition) is 7. The largest absolute Gasteiger partial charge is 1.00 e. The van der Waals surface area contributed by atoms with Crippen molar-refractivity contribution in [2.24, 2.45) is 0 Å². The third-order valence-corrected chi connectivity index (χ3v) is 4.79. The van der Waals surface area contributed by atoms with Crippen molar-refractivity contribution in [3.8, 4) is 0 Å². The molecule has 0 aliphatic rings. The molecule has 3 aromatic rings. The smallest absolute Gasteiger partial charge is 0.548 e. The summed E-state index contributed by atoms with van der Waals surface area (Å²) in [6.45, 7) is 0. The number of carbonyl (C=O) groups is 3. The van der Waals surface area contributed by atoms with Crippen LogP contribution in [-0.4, -0.2) is 43.9 Å². The van der Waals surface area contributed by atoms with Crippen LogP contribution in [0.4, 0.5) is 5.95 Å². The van der Waals surface area contributed by atoms with Gasteiger partial charge in [0.25, 0.3) is 11.5 Å². The molecule has 0 aliphatic carbocycles. The van der Waals surface area contributed by atoms with E-state index in [4.69, 9.17) is 10.8 Å². The van der Waals surface area contributed by atoms with Gasteiger partial charge in [0.05, 0.1) is 17.4 Å². The second-order valence-corrected chi connectivity index (χ2v) is 6.97. The van der Waals surface area contributed by atoms with Gasteiger partial charge in [-0.05, 0) is 42.5 Å². The van der Waals surface area contributed by atoms with Crippen LogP contribution >= 0.6 is 0 Å². The summed E-state index contributed by atoms with van der Waals surface area (Å²) in [4.78, 5) is 55.5. The molecule has 0 aliphatic heterocycles. The number of aromatic amines is 2. The van der Waals surface area contributed by atoms with Crippen LogP contribution in [0.2, 0.25) is 0 Å². The number of H-pyrrole nitrogens is 2. The predicted molar refractivity (Wildman–Crippen MR) is 108 cm³/mol. The van der Waals surface area contributed by atoms with Crippen molar-refractivity contribution in [2.45, 2.75) is 31.7 Å². The maximum Gasteiger partial charge on any atom is 1.00 e. The second-order valence-electron chi connectivity index (χ2n) is 6.97. The summed E-state index contributed by atoms with van der Waals surface area (Å²) >= 11 is 0. The van der Waals surface area contributed by atoms with E-state index in [9.17, 15) is 24.3 Å². The van der Waals surface area contributed by atoms with Gasteiger partial charge in [0.1, 0.15) is 5.65 Å². The minimum Gasteiger partial charge on any atom is -0.548 e. The number of nitrogens with two attached hydrogens (primary N) is 1. The molecular weight excluding hydrogens is 429 g/mol. The number of nitrogen functional groups attached to an aromatic ring is 1. The van der Waals surface area contributed by atoms with Gasteiger partial charge in [0.2, 0.25) is 5.95 Å². The van der Waals surface area contributed by atoms with Crippen molar-refractivity contribution in [3.05, 3.63) is 57.5 Å². The number of carbonyl (C=O) groups excluding carboxylic acids is 2. The van der Waals surface area contributed by atoms with E-state index in [0.29, 0.717) is 23.9 Å². The summed E-state index contributed by atoms with van der Waals surface area (Å²) < 4.78 is 0. The number of aliphatic carboxylic acids is 2. The Labute approximate surface area is 203 Å². The number of nitrogens with zero attached hydrogens (tertiary/aromatic N) is 1. The molecule has 1 atom stereocenters. The van der Waals surface area contributed by atoms with Crippen molar-refractivity contribution >= 4 is 34.8 Å². The van der Waals surface area contributed by atoms with Gasteiger partial charge in [0.15, 0.2) is 0 Å². The number of rotatable bonds is 9. The molecule has 0 fully saturated rings. The summed E-state index contributed by atoms with van der Waals surface area (Å²) in [7, 11) is 0. The molecule has 11 nitrogen and oxygen atoms in total. The molecule has 3 rings (SSSR count). The first-order valence-corrected chi connectivity index (χ1v) is 9.43. The molecule has 0 bridgehead atoms. The third kappa shape index (κ3) is 6.19. The maximum absolute atomic E-state index is 12.3. The zero-order valence-corrected chi connectivity index (χ0v) is 19.3. The van der Waals surface area contributed by atoms with E-state index in [-0.39, 0.29) is 47.5 Å². The van der Waals surface area contributed by atoms with E-state index in [1.54, 1.807) is 30.5 Å². The number of amides is 1. The van der Waals surface area contributed by atoms with Crippen LogP contribution in [0.5, 0.6) is 0 Å². The van der Waals surface area contributed by atoms with Gasteiger partial charge >= 0.3 is 35.5 Å². The first-order chi connectivity index (χ1) is 14.7. The van der Waals surface area contributed by atoms with Gasteiger partial charge in [-0.3, -0.25) is 14.4 Å². The van der Waals surface area contributed by atoms with Crippen LogP contribution in [0, 0.1) is 0 Å². The topological polar surface area (TPSA) is 194 Å². The molecule has 2 aromatic heterocycles. The van der Waals surface area contributed by atoms with Crippen molar-refractivity contribution in [2.75, 3.05) is 5.73 Å². The standard InChI is InChI=1S/C20H21N5O6.Na/c21-20-24-16-15(18(29)25-20)12(9-22-16)6-3-10-1-4-11(5-2-10)17(28)23-13(19(30)31)7-8-14(26)27;/h1-2,4-5,9,13H,3,6-8H2,(H,23,28)(H,26,27)(H,30,31)(H4,21,22,24,25,29);/q;+1/p-1/t13-;/m0./s1. The van der Waals surface area contributed by atoms with Gasteiger partial charge in [-0.25, -0.2) is 0 Å². The zero-order chi connectivity index (χ0) is 22.5. The number of fused-ring (bicyclic) bond motifs is 1. The minimum atomic E-state index is -1.55. The Hall–Kier alpha value is -3.15. The molecule has 32 heavy (non-hydrogen) atoms. The molecule has 0 spiro atoms. The second kappa shape index (κ2) is 10.9. The van der Waals surface area contributed by atoms with E-state index >= 15 is 0 Å². The van der Waals surface area contributed by atoms with Crippen molar-refractivity contribution < 1.29 is 54.2 Å². The Morgan fingerprint density at radius 1 is 1.19 bits per heavy atom. The van der Waals surface area contributed by atoms with Crippen LogP contribution in [0.25, 0.3) is 11.0 Å². The molecule has 0 saturated heterocycles. The van der Waals surface area contributed by atoms with Crippen LogP contribution < -0.4 is 51.3 Å². The van der Waals surface area contributed by atoms with Crippen LogP contribution in [-0.2, 0) is 22.4 Å². The molecule has 2 heterocycles. The molecule has 1 amide bonds. The molecule has 0 saturated carbocycles. The van der Waals surface area contributed by atoms with E-state index < -0.39 is 35.9 Å². The van der Waals surface area contributed by atoms with Crippen LogP contribution in [0.1, 0.15) is 34.3 Å². The normalized spacial score (nSPS) is 11.5. The van der Waals surface area contributed by atoms with Crippen molar-refractivity contribution in [3.63, 3.8) is 0 Å². The van der Waals surface area contributed by atoms with Crippen molar-refractivity contribution in [1.82, 2.24) is 20.3 Å². The van der Waals surface area contributed by atoms with Gasteiger partial charge in [-0.15, -0.1) is 0 Å². The summed E-state index contributed by atoms with van der Waals surface area (Å²) in [5.74, 6) is -3.32. The fraction of sp³-hybridized carbons (Fsp3) is 0.250. The molecule has 1 aromatic carbocycles. The molecule has 0 unspecified atom stereocenters. The summed E-state index contributed by atoms with van der Waals surface area (Å²) in [5.41, 5.74) is 7.53. The molecule has 6 N–H and O–H groups in total. The fourth-order valence-electron chi connectivity index (χ4n) is 3.19. The average Bonchev–Trinajstić information content (AvgIpc) is 3.12. The SMILES string of the molecule is Nc1nc(=O)c2c(CCc3ccc(C(=O)N[C@@H](CCC(=O)O)C(=O)[O-])cc3)c[nH]c2[nH]1.[Na+]. The van der Waals surface area contributed by atoms with Gasteiger partial charge in [-0.1, -0.05) is 12.1 Å².